The molecule has 0 aromatic rings. The van der Waals surface area contributed by atoms with E-state index >= 15 is 0 Å². The maximum atomic E-state index is 14.3. The Kier molecular flexibility index (Phi) is 6.06. The molecule has 0 N–H and O–H groups in total. The first-order valence-corrected chi connectivity index (χ1v) is 7.90. The molecule has 1 rings (SSSR count). The van der Waals surface area contributed by atoms with Gasteiger partial charge in [-0.3, -0.25) is 9.36 Å². The molecule has 0 saturated carbocycles. The molecule has 20 heavy (non-hydrogen) atoms. The molecule has 0 aromatic carbocycles. The van der Waals surface area contributed by atoms with Crippen molar-refractivity contribution < 1.29 is 36.7 Å². The second kappa shape index (κ2) is 6.93. The minimum Gasteiger partial charge on any atom is -0.436 e. The highest BCUT2D eigenvalue weighted by molar-refractivity contribution is 7.55. The number of hydrogen-bond acceptors (Lipinski definition) is 6. The second-order valence-electron chi connectivity index (χ2n) is 4.16. The average Bonchev–Trinajstić information content (AvgIpc) is 2.77. The molecular weight excluding hydrogens is 297 g/mol. The van der Waals surface area contributed by atoms with Gasteiger partial charge in [0.15, 0.2) is 0 Å². The first-order chi connectivity index (χ1) is 9.26. The van der Waals surface area contributed by atoms with Crippen molar-refractivity contribution in [2.45, 2.75) is 51.7 Å². The minimum atomic E-state index is -4.63. The summed E-state index contributed by atoms with van der Waals surface area (Å²) in [4.78, 5) is 10.8. The topological polar surface area (TPSA) is 71.1 Å². The summed E-state index contributed by atoms with van der Waals surface area (Å²) in [5.74, 6) is -0.628. The Morgan fingerprint density at radius 1 is 1.30 bits per heavy atom. The van der Waals surface area contributed by atoms with Crippen LogP contribution in [-0.4, -0.2) is 37.2 Å². The van der Waals surface area contributed by atoms with Crippen molar-refractivity contribution in [3.63, 3.8) is 0 Å². The first-order valence-electron chi connectivity index (χ1n) is 6.36. The van der Waals surface area contributed by atoms with Gasteiger partial charge in [0.2, 0.25) is 6.29 Å². The van der Waals surface area contributed by atoms with Gasteiger partial charge in [0.25, 0.3) is 0 Å². The molecule has 118 valence electrons. The molecule has 0 aromatic heterocycles. The lowest BCUT2D eigenvalue weighted by molar-refractivity contribution is -0.187. The van der Waals surface area contributed by atoms with Gasteiger partial charge in [-0.05, 0) is 20.3 Å². The lowest BCUT2D eigenvalue weighted by Gasteiger charge is -2.29. The van der Waals surface area contributed by atoms with Crippen molar-refractivity contribution in [1.82, 2.24) is 0 Å². The number of alkyl halides is 2. The van der Waals surface area contributed by atoms with E-state index < -0.39 is 31.6 Å². The standard InChI is InChI=1S/C11H19F2O6P/c1-4-16-20(15,17-5-2)11(12,13)9-6-7-10(19-9)18-8(3)14/h9-10H,4-7H2,1-3H3/t9-,10-/m0/s1. The lowest BCUT2D eigenvalue weighted by Crippen LogP contribution is -2.35. The highest BCUT2D eigenvalue weighted by atomic mass is 31.2. The number of carbonyl (C=O) groups excluding carboxylic acids is 1. The highest BCUT2D eigenvalue weighted by Gasteiger charge is 2.61. The molecule has 1 fully saturated rings. The van der Waals surface area contributed by atoms with Crippen LogP contribution in [-0.2, 0) is 27.9 Å². The number of hydrogen-bond donors (Lipinski definition) is 0. The number of halogens is 2. The maximum Gasteiger partial charge on any atom is 0.402 e. The summed E-state index contributed by atoms with van der Waals surface area (Å²) in [6.45, 7) is 3.69. The van der Waals surface area contributed by atoms with E-state index in [1.807, 2.05) is 0 Å². The molecular formula is C11H19F2O6P. The highest BCUT2D eigenvalue weighted by Crippen LogP contribution is 2.64. The Labute approximate surface area is 116 Å². The average molecular weight is 316 g/mol. The summed E-state index contributed by atoms with van der Waals surface area (Å²) in [5, 5.41) is 0. The van der Waals surface area contributed by atoms with Crippen molar-refractivity contribution in [2.24, 2.45) is 0 Å². The molecule has 6 nitrogen and oxygen atoms in total. The Morgan fingerprint density at radius 2 is 1.85 bits per heavy atom. The molecule has 0 amide bonds. The zero-order valence-electron chi connectivity index (χ0n) is 11.6. The number of rotatable bonds is 7. The molecule has 1 aliphatic heterocycles. The van der Waals surface area contributed by atoms with Crippen LogP contribution in [0.25, 0.3) is 0 Å². The fourth-order valence-electron chi connectivity index (χ4n) is 1.86. The van der Waals surface area contributed by atoms with Crippen LogP contribution in [0.1, 0.15) is 33.6 Å². The zero-order valence-corrected chi connectivity index (χ0v) is 12.5. The van der Waals surface area contributed by atoms with Crippen LogP contribution in [0.4, 0.5) is 8.78 Å². The van der Waals surface area contributed by atoms with E-state index in [-0.39, 0.29) is 26.1 Å². The predicted molar refractivity (Wildman–Crippen MR) is 65.5 cm³/mol. The summed E-state index contributed by atoms with van der Waals surface area (Å²) < 4.78 is 59.7. The van der Waals surface area contributed by atoms with Crippen LogP contribution in [0.5, 0.6) is 0 Å². The van der Waals surface area contributed by atoms with E-state index in [2.05, 4.69) is 9.05 Å². The van der Waals surface area contributed by atoms with E-state index in [9.17, 15) is 18.1 Å². The Balaban J connectivity index is 2.81. The second-order valence-corrected chi connectivity index (χ2v) is 6.27. The molecule has 0 bridgehead atoms. The monoisotopic (exact) mass is 316 g/mol. The fourth-order valence-corrected chi connectivity index (χ4v) is 3.50. The lowest BCUT2D eigenvalue weighted by atomic mass is 10.2. The van der Waals surface area contributed by atoms with E-state index in [1.165, 1.54) is 13.8 Å². The molecule has 0 spiro atoms. The molecule has 1 aliphatic rings. The fraction of sp³-hybridized carbons (Fsp3) is 0.909. The minimum absolute atomic E-state index is 0.102. The molecule has 1 saturated heterocycles. The van der Waals surface area contributed by atoms with Gasteiger partial charge in [0.05, 0.1) is 13.2 Å². The third-order valence-corrected chi connectivity index (χ3v) is 4.84. The van der Waals surface area contributed by atoms with Crippen molar-refractivity contribution in [1.29, 1.82) is 0 Å². The van der Waals surface area contributed by atoms with Gasteiger partial charge in [-0.1, -0.05) is 0 Å². The van der Waals surface area contributed by atoms with Crippen LogP contribution in [0.3, 0.4) is 0 Å². The normalized spacial score (nSPS) is 23.9. The van der Waals surface area contributed by atoms with Gasteiger partial charge in [0, 0.05) is 13.3 Å². The van der Waals surface area contributed by atoms with Crippen molar-refractivity contribution >= 4 is 13.6 Å². The Bertz CT molecular complexity index is 379. The van der Waals surface area contributed by atoms with E-state index in [1.54, 1.807) is 0 Å². The number of carbonyl (C=O) groups is 1. The van der Waals surface area contributed by atoms with E-state index in [0.717, 1.165) is 6.92 Å². The number of ether oxygens (including phenoxy) is 2. The quantitative estimate of drug-likeness (QED) is 0.531. The summed E-state index contributed by atoms with van der Waals surface area (Å²) in [6, 6.07) is 0. The third kappa shape index (κ3) is 3.75. The van der Waals surface area contributed by atoms with E-state index in [4.69, 9.17) is 9.47 Å². The summed E-state index contributed by atoms with van der Waals surface area (Å²) in [6.07, 6.45) is -2.72. The van der Waals surface area contributed by atoms with Crippen molar-refractivity contribution in [2.75, 3.05) is 13.2 Å². The zero-order chi connectivity index (χ0) is 15.4. The van der Waals surface area contributed by atoms with Gasteiger partial charge in [-0.15, -0.1) is 0 Å². The smallest absolute Gasteiger partial charge is 0.402 e. The van der Waals surface area contributed by atoms with Crippen LogP contribution >= 0.6 is 7.60 Å². The van der Waals surface area contributed by atoms with Gasteiger partial charge < -0.3 is 18.5 Å². The SMILES string of the molecule is CCOP(=O)(OCC)C(F)(F)[C@@H]1CC[C@@H](OC(C)=O)O1. The predicted octanol–water partition coefficient (Wildman–Crippen LogP) is 2.91. The summed E-state index contributed by atoms with van der Waals surface area (Å²) in [7, 11) is -4.63. The van der Waals surface area contributed by atoms with E-state index in [0.29, 0.717) is 0 Å². The van der Waals surface area contributed by atoms with Gasteiger partial charge >= 0.3 is 19.2 Å². The van der Waals surface area contributed by atoms with Gasteiger partial charge in [-0.25, -0.2) is 0 Å². The molecule has 0 radical (unpaired) electrons. The van der Waals surface area contributed by atoms with Crippen molar-refractivity contribution in [3.05, 3.63) is 0 Å². The van der Waals surface area contributed by atoms with Gasteiger partial charge in [0.1, 0.15) is 6.10 Å². The Morgan fingerprint density at radius 3 is 2.30 bits per heavy atom. The van der Waals surface area contributed by atoms with Gasteiger partial charge in [-0.2, -0.15) is 8.78 Å². The summed E-state index contributed by atoms with van der Waals surface area (Å²) >= 11 is 0. The van der Waals surface area contributed by atoms with Crippen LogP contribution in [0.2, 0.25) is 0 Å². The molecule has 1 heterocycles. The molecule has 0 aliphatic carbocycles. The van der Waals surface area contributed by atoms with Crippen LogP contribution in [0.15, 0.2) is 0 Å². The van der Waals surface area contributed by atoms with Crippen LogP contribution < -0.4 is 0 Å². The molecule has 2 atom stereocenters. The summed E-state index contributed by atoms with van der Waals surface area (Å²) in [5.41, 5.74) is -3.80. The van der Waals surface area contributed by atoms with Crippen LogP contribution in [0, 0.1) is 0 Å². The largest absolute Gasteiger partial charge is 0.436 e. The molecule has 0 unspecified atom stereocenters. The first kappa shape index (κ1) is 17.5. The number of esters is 1. The Hall–Kier alpha value is -0.560. The molecule has 9 heteroatoms. The van der Waals surface area contributed by atoms with Crippen molar-refractivity contribution in [3.8, 4) is 0 Å². The third-order valence-electron chi connectivity index (χ3n) is 2.63. The maximum absolute atomic E-state index is 14.3.